The maximum absolute atomic E-state index is 12.0. The minimum atomic E-state index is -0.386. The number of hydrazone groups is 1. The highest BCUT2D eigenvalue weighted by atomic mass is 35.5. The van der Waals surface area contributed by atoms with Crippen molar-refractivity contribution in [3.63, 3.8) is 0 Å². The Bertz CT molecular complexity index is 1010. The van der Waals surface area contributed by atoms with Gasteiger partial charge in [-0.25, -0.2) is 5.43 Å². The minimum Gasteiger partial charge on any atom is -0.484 e. The van der Waals surface area contributed by atoms with Crippen LogP contribution in [0.15, 0.2) is 77.9 Å². The van der Waals surface area contributed by atoms with Gasteiger partial charge in [-0.2, -0.15) is 5.10 Å². The van der Waals surface area contributed by atoms with E-state index in [1.807, 2.05) is 42.5 Å². The van der Waals surface area contributed by atoms with Gasteiger partial charge in [0.25, 0.3) is 5.91 Å². The monoisotopic (exact) mass is 440 g/mol. The van der Waals surface area contributed by atoms with Crippen molar-refractivity contribution >= 4 is 35.3 Å². The zero-order valence-corrected chi connectivity index (χ0v) is 18.2. The van der Waals surface area contributed by atoms with Crippen LogP contribution >= 0.6 is 23.2 Å². The normalized spacial score (nSPS) is 11.5. The molecule has 0 spiro atoms. The molecule has 0 unspecified atom stereocenters. The Kier molecular flexibility index (Phi) is 7.14. The first-order chi connectivity index (χ1) is 14.4. The smallest absolute Gasteiger partial charge is 0.277 e. The number of carbonyl (C=O) groups excluding carboxylic acids is 1. The zero-order valence-electron chi connectivity index (χ0n) is 16.7. The first kappa shape index (κ1) is 21.9. The van der Waals surface area contributed by atoms with Gasteiger partial charge in [-0.3, -0.25) is 4.79 Å². The fourth-order valence-electron chi connectivity index (χ4n) is 2.97. The molecule has 0 saturated carbocycles. The van der Waals surface area contributed by atoms with E-state index in [4.69, 9.17) is 27.9 Å². The first-order valence-electron chi connectivity index (χ1n) is 9.42. The molecule has 0 aliphatic rings. The SMILES string of the molecule is CC(C)(c1ccccc1)c1ccc(OCC(=O)NN=Cc2c(Cl)cccc2Cl)cc1. The van der Waals surface area contributed by atoms with Gasteiger partial charge >= 0.3 is 0 Å². The molecule has 0 saturated heterocycles. The third-order valence-corrected chi connectivity index (χ3v) is 5.48. The number of amides is 1. The summed E-state index contributed by atoms with van der Waals surface area (Å²) >= 11 is 12.1. The van der Waals surface area contributed by atoms with Crippen LogP contribution in [0.5, 0.6) is 5.75 Å². The number of benzene rings is 3. The molecule has 154 valence electrons. The second kappa shape index (κ2) is 9.79. The van der Waals surface area contributed by atoms with Crippen LogP contribution in [0.25, 0.3) is 0 Å². The van der Waals surface area contributed by atoms with Crippen LogP contribution in [-0.2, 0) is 10.2 Å². The van der Waals surface area contributed by atoms with Crippen molar-refractivity contribution in [1.82, 2.24) is 5.43 Å². The summed E-state index contributed by atoms with van der Waals surface area (Å²) < 4.78 is 5.55. The van der Waals surface area contributed by atoms with Gasteiger partial charge in [-0.05, 0) is 35.4 Å². The zero-order chi connectivity index (χ0) is 21.6. The molecule has 0 bridgehead atoms. The average molecular weight is 441 g/mol. The van der Waals surface area contributed by atoms with Crippen molar-refractivity contribution in [3.05, 3.63) is 99.5 Å². The number of nitrogens with zero attached hydrogens (tertiary/aromatic N) is 1. The van der Waals surface area contributed by atoms with E-state index in [-0.39, 0.29) is 17.9 Å². The predicted molar refractivity (Wildman–Crippen MR) is 123 cm³/mol. The summed E-state index contributed by atoms with van der Waals surface area (Å²) in [6, 6.07) is 23.2. The number of hydrogen-bond acceptors (Lipinski definition) is 3. The molecule has 1 amide bonds. The van der Waals surface area contributed by atoms with E-state index < -0.39 is 0 Å². The summed E-state index contributed by atoms with van der Waals surface area (Å²) in [5.41, 5.74) is 5.20. The van der Waals surface area contributed by atoms with E-state index >= 15 is 0 Å². The number of carbonyl (C=O) groups is 1. The van der Waals surface area contributed by atoms with E-state index in [0.29, 0.717) is 21.4 Å². The van der Waals surface area contributed by atoms with Crippen LogP contribution in [0.1, 0.15) is 30.5 Å². The topological polar surface area (TPSA) is 50.7 Å². The van der Waals surface area contributed by atoms with E-state index in [1.54, 1.807) is 18.2 Å². The van der Waals surface area contributed by atoms with E-state index in [1.165, 1.54) is 11.8 Å². The molecule has 0 atom stereocenters. The van der Waals surface area contributed by atoms with Gasteiger partial charge in [-0.1, -0.05) is 85.6 Å². The summed E-state index contributed by atoms with van der Waals surface area (Å²) in [6.45, 7) is 4.19. The summed E-state index contributed by atoms with van der Waals surface area (Å²) in [7, 11) is 0. The average Bonchev–Trinajstić information content (AvgIpc) is 2.75. The van der Waals surface area contributed by atoms with Crippen molar-refractivity contribution in [1.29, 1.82) is 0 Å². The van der Waals surface area contributed by atoms with Crippen molar-refractivity contribution in [2.24, 2.45) is 5.10 Å². The van der Waals surface area contributed by atoms with Crippen molar-refractivity contribution < 1.29 is 9.53 Å². The molecule has 1 N–H and O–H groups in total. The van der Waals surface area contributed by atoms with Gasteiger partial charge in [0.05, 0.1) is 16.3 Å². The predicted octanol–water partition coefficient (Wildman–Crippen LogP) is 5.85. The highest BCUT2D eigenvalue weighted by molar-refractivity contribution is 6.38. The van der Waals surface area contributed by atoms with Crippen LogP contribution in [0.4, 0.5) is 0 Å². The minimum absolute atomic E-state index is 0.133. The summed E-state index contributed by atoms with van der Waals surface area (Å²) in [5, 5.41) is 4.79. The van der Waals surface area contributed by atoms with Crippen LogP contribution in [0.3, 0.4) is 0 Å². The van der Waals surface area contributed by atoms with Gasteiger partial charge in [-0.15, -0.1) is 0 Å². The van der Waals surface area contributed by atoms with Gasteiger partial charge < -0.3 is 4.74 Å². The van der Waals surface area contributed by atoms with Crippen LogP contribution in [0.2, 0.25) is 10.0 Å². The first-order valence-corrected chi connectivity index (χ1v) is 10.2. The van der Waals surface area contributed by atoms with Crippen molar-refractivity contribution in [3.8, 4) is 5.75 Å². The molecule has 0 radical (unpaired) electrons. The third-order valence-electron chi connectivity index (χ3n) is 4.82. The molecule has 3 aromatic carbocycles. The van der Waals surface area contributed by atoms with E-state index in [9.17, 15) is 4.79 Å². The fraction of sp³-hybridized carbons (Fsp3) is 0.167. The second-order valence-corrected chi connectivity index (χ2v) is 8.05. The summed E-state index contributed by atoms with van der Waals surface area (Å²) in [4.78, 5) is 12.0. The third kappa shape index (κ3) is 5.41. The van der Waals surface area contributed by atoms with E-state index in [2.05, 4.69) is 36.5 Å². The van der Waals surface area contributed by atoms with E-state index in [0.717, 1.165) is 5.56 Å². The lowest BCUT2D eigenvalue weighted by Crippen LogP contribution is -2.24. The quantitative estimate of drug-likeness (QED) is 0.370. The van der Waals surface area contributed by atoms with Crippen molar-refractivity contribution in [2.75, 3.05) is 6.61 Å². The molecule has 0 aliphatic heterocycles. The number of hydrogen-bond donors (Lipinski definition) is 1. The summed E-state index contributed by atoms with van der Waals surface area (Å²) in [5.74, 6) is 0.221. The highest BCUT2D eigenvalue weighted by Crippen LogP contribution is 2.32. The number of rotatable bonds is 7. The van der Waals surface area contributed by atoms with Crippen LogP contribution in [-0.4, -0.2) is 18.7 Å². The van der Waals surface area contributed by atoms with Gasteiger partial charge in [0, 0.05) is 11.0 Å². The lowest BCUT2D eigenvalue weighted by molar-refractivity contribution is -0.123. The largest absolute Gasteiger partial charge is 0.484 e. The Morgan fingerprint density at radius 3 is 2.17 bits per heavy atom. The molecule has 4 nitrogen and oxygen atoms in total. The van der Waals surface area contributed by atoms with Gasteiger partial charge in [0.1, 0.15) is 5.75 Å². The lowest BCUT2D eigenvalue weighted by Gasteiger charge is -2.26. The molecule has 0 aromatic heterocycles. The molecule has 0 aliphatic carbocycles. The Morgan fingerprint density at radius 2 is 1.53 bits per heavy atom. The lowest BCUT2D eigenvalue weighted by atomic mass is 9.78. The maximum Gasteiger partial charge on any atom is 0.277 e. The van der Waals surface area contributed by atoms with Gasteiger partial charge in [0.2, 0.25) is 0 Å². The summed E-state index contributed by atoms with van der Waals surface area (Å²) in [6.07, 6.45) is 1.41. The Morgan fingerprint density at radius 1 is 0.933 bits per heavy atom. The second-order valence-electron chi connectivity index (χ2n) is 7.23. The molecule has 3 rings (SSSR count). The molecule has 30 heavy (non-hydrogen) atoms. The van der Waals surface area contributed by atoms with Gasteiger partial charge in [0.15, 0.2) is 6.61 Å². The molecule has 0 heterocycles. The molecule has 0 fully saturated rings. The van der Waals surface area contributed by atoms with Crippen LogP contribution in [0, 0.1) is 0 Å². The fourth-order valence-corrected chi connectivity index (χ4v) is 3.47. The standard InChI is InChI=1S/C24H22Cl2N2O2/c1-24(2,17-7-4-3-5-8-17)18-11-13-19(14-12-18)30-16-23(29)28-27-15-20-21(25)9-6-10-22(20)26/h3-15H,16H2,1-2H3,(H,28,29). The molecular weight excluding hydrogens is 419 g/mol. The Balaban J connectivity index is 1.55. The molecule has 3 aromatic rings. The maximum atomic E-state index is 12.0. The molecular formula is C24H22Cl2N2O2. The van der Waals surface area contributed by atoms with Crippen molar-refractivity contribution in [2.45, 2.75) is 19.3 Å². The molecule has 6 heteroatoms. The number of halogens is 2. The Hall–Kier alpha value is -2.82. The Labute approximate surface area is 186 Å². The highest BCUT2D eigenvalue weighted by Gasteiger charge is 2.22. The number of ether oxygens (including phenoxy) is 1. The van der Waals surface area contributed by atoms with Crippen LogP contribution < -0.4 is 10.2 Å². The number of nitrogens with one attached hydrogen (secondary N) is 1.